The lowest BCUT2D eigenvalue weighted by molar-refractivity contribution is -0.137. The predicted octanol–water partition coefficient (Wildman–Crippen LogP) is 1.40. The number of carboxylic acids is 1. The molecular formula is C11H21NO3. The van der Waals surface area contributed by atoms with Crippen LogP contribution in [0, 0.1) is 0 Å². The third-order valence-corrected chi connectivity index (χ3v) is 2.70. The van der Waals surface area contributed by atoms with Gasteiger partial charge in [0.25, 0.3) is 0 Å². The molecule has 1 atom stereocenters. The van der Waals surface area contributed by atoms with Gasteiger partial charge < -0.3 is 15.2 Å². The largest absolute Gasteiger partial charge is 0.481 e. The van der Waals surface area contributed by atoms with E-state index in [1.807, 2.05) is 0 Å². The molecule has 88 valence electrons. The maximum atomic E-state index is 10.3. The van der Waals surface area contributed by atoms with Crippen LogP contribution in [-0.2, 0) is 9.53 Å². The van der Waals surface area contributed by atoms with Crippen LogP contribution in [0.1, 0.15) is 39.5 Å². The zero-order valence-electron chi connectivity index (χ0n) is 9.58. The van der Waals surface area contributed by atoms with Crippen LogP contribution < -0.4 is 5.32 Å². The summed E-state index contributed by atoms with van der Waals surface area (Å²) in [5, 5.41) is 11.9. The average molecular weight is 215 g/mol. The second-order valence-corrected chi connectivity index (χ2v) is 4.75. The number of nitrogens with one attached hydrogen (secondary N) is 1. The third kappa shape index (κ3) is 5.14. The first-order chi connectivity index (χ1) is 6.99. The summed E-state index contributed by atoms with van der Waals surface area (Å²) >= 11 is 0. The van der Waals surface area contributed by atoms with Crippen molar-refractivity contribution in [2.75, 3.05) is 13.2 Å². The smallest absolute Gasteiger partial charge is 0.303 e. The van der Waals surface area contributed by atoms with E-state index >= 15 is 0 Å². The first-order valence-electron chi connectivity index (χ1n) is 5.59. The minimum absolute atomic E-state index is 0.0390. The quantitative estimate of drug-likeness (QED) is 0.681. The molecule has 0 bridgehead atoms. The minimum atomic E-state index is -0.718. The zero-order valence-corrected chi connectivity index (χ0v) is 9.58. The van der Waals surface area contributed by atoms with Gasteiger partial charge in [0.05, 0.1) is 5.60 Å². The van der Waals surface area contributed by atoms with Crippen LogP contribution in [0.2, 0.25) is 0 Å². The van der Waals surface area contributed by atoms with Crippen LogP contribution in [0.3, 0.4) is 0 Å². The summed E-state index contributed by atoms with van der Waals surface area (Å²) in [7, 11) is 0. The molecule has 1 heterocycles. The van der Waals surface area contributed by atoms with Crippen LogP contribution >= 0.6 is 0 Å². The van der Waals surface area contributed by atoms with Gasteiger partial charge >= 0.3 is 5.97 Å². The number of hydrogen-bond acceptors (Lipinski definition) is 3. The van der Waals surface area contributed by atoms with Crippen molar-refractivity contribution in [1.29, 1.82) is 0 Å². The lowest BCUT2D eigenvalue weighted by Crippen LogP contribution is -2.44. The second kappa shape index (κ2) is 5.47. The van der Waals surface area contributed by atoms with E-state index in [0.29, 0.717) is 12.5 Å². The summed E-state index contributed by atoms with van der Waals surface area (Å²) in [5.74, 6) is -0.718. The summed E-state index contributed by atoms with van der Waals surface area (Å²) in [5.41, 5.74) is -0.0390. The van der Waals surface area contributed by atoms with Crippen molar-refractivity contribution in [3.63, 3.8) is 0 Å². The van der Waals surface area contributed by atoms with Gasteiger partial charge in [0, 0.05) is 19.1 Å². The highest BCUT2D eigenvalue weighted by Gasteiger charge is 2.28. The van der Waals surface area contributed by atoms with Crippen LogP contribution in [0.15, 0.2) is 0 Å². The molecule has 1 saturated heterocycles. The number of hydrogen-bond donors (Lipinski definition) is 2. The molecule has 1 rings (SSSR count). The standard InChI is InChI=1S/C11H21NO3/c1-11(2)8-9(5-7-15-11)12-6-3-4-10(13)14/h9,12H,3-8H2,1-2H3,(H,13,14). The number of ether oxygens (including phenoxy) is 1. The summed E-state index contributed by atoms with van der Waals surface area (Å²) < 4.78 is 5.61. The molecule has 0 spiro atoms. The van der Waals surface area contributed by atoms with Crippen LogP contribution in [-0.4, -0.2) is 35.9 Å². The van der Waals surface area contributed by atoms with Gasteiger partial charge in [-0.3, -0.25) is 4.79 Å². The Kier molecular flexibility index (Phi) is 4.54. The number of carbonyl (C=O) groups is 1. The molecule has 0 amide bonds. The van der Waals surface area contributed by atoms with Crippen LogP contribution in [0.4, 0.5) is 0 Å². The summed E-state index contributed by atoms with van der Waals surface area (Å²) in [6, 6.07) is 0.475. The van der Waals surface area contributed by atoms with Crippen molar-refractivity contribution in [2.24, 2.45) is 0 Å². The van der Waals surface area contributed by atoms with E-state index in [1.54, 1.807) is 0 Å². The van der Waals surface area contributed by atoms with Crippen molar-refractivity contribution in [1.82, 2.24) is 5.32 Å². The van der Waals surface area contributed by atoms with Crippen LogP contribution in [0.5, 0.6) is 0 Å². The van der Waals surface area contributed by atoms with Gasteiger partial charge in [-0.25, -0.2) is 0 Å². The molecule has 0 aliphatic carbocycles. The van der Waals surface area contributed by atoms with E-state index in [9.17, 15) is 4.79 Å². The highest BCUT2D eigenvalue weighted by atomic mass is 16.5. The van der Waals surface area contributed by atoms with Gasteiger partial charge in [-0.15, -0.1) is 0 Å². The first-order valence-corrected chi connectivity index (χ1v) is 5.59. The van der Waals surface area contributed by atoms with E-state index in [-0.39, 0.29) is 12.0 Å². The van der Waals surface area contributed by atoms with E-state index in [0.717, 1.165) is 26.0 Å². The molecule has 0 aromatic carbocycles. The zero-order chi connectivity index (χ0) is 11.3. The minimum Gasteiger partial charge on any atom is -0.481 e. The fraction of sp³-hybridized carbons (Fsp3) is 0.909. The van der Waals surface area contributed by atoms with Crippen molar-refractivity contribution in [3.05, 3.63) is 0 Å². The van der Waals surface area contributed by atoms with Gasteiger partial charge in [0.1, 0.15) is 0 Å². The van der Waals surface area contributed by atoms with E-state index in [2.05, 4.69) is 19.2 Å². The maximum Gasteiger partial charge on any atom is 0.303 e. The summed E-state index contributed by atoms with van der Waals surface area (Å²) in [4.78, 5) is 10.3. The maximum absolute atomic E-state index is 10.3. The molecule has 1 fully saturated rings. The van der Waals surface area contributed by atoms with Gasteiger partial charge in [0.15, 0.2) is 0 Å². The predicted molar refractivity (Wildman–Crippen MR) is 57.9 cm³/mol. The fourth-order valence-electron chi connectivity index (χ4n) is 1.95. The van der Waals surface area contributed by atoms with Crippen molar-refractivity contribution < 1.29 is 14.6 Å². The van der Waals surface area contributed by atoms with Crippen molar-refractivity contribution in [2.45, 2.75) is 51.2 Å². The van der Waals surface area contributed by atoms with E-state index < -0.39 is 5.97 Å². The number of carboxylic acid groups (broad SMARTS) is 1. The molecule has 0 aromatic rings. The molecule has 0 radical (unpaired) electrons. The highest BCUT2D eigenvalue weighted by molar-refractivity contribution is 5.66. The van der Waals surface area contributed by atoms with Gasteiger partial charge in [-0.1, -0.05) is 0 Å². The Labute approximate surface area is 91.0 Å². The lowest BCUT2D eigenvalue weighted by Gasteiger charge is -2.36. The topological polar surface area (TPSA) is 58.6 Å². The van der Waals surface area contributed by atoms with E-state index in [1.165, 1.54) is 0 Å². The van der Waals surface area contributed by atoms with Crippen LogP contribution in [0.25, 0.3) is 0 Å². The van der Waals surface area contributed by atoms with E-state index in [4.69, 9.17) is 9.84 Å². The Balaban J connectivity index is 2.13. The van der Waals surface area contributed by atoms with Gasteiger partial charge in [0.2, 0.25) is 0 Å². The molecule has 1 aliphatic heterocycles. The number of rotatable bonds is 5. The van der Waals surface area contributed by atoms with Gasteiger partial charge in [-0.05, 0) is 39.7 Å². The summed E-state index contributed by atoms with van der Waals surface area (Å²) in [6.45, 7) is 5.77. The molecule has 4 heteroatoms. The number of aliphatic carboxylic acids is 1. The Bertz CT molecular complexity index is 216. The monoisotopic (exact) mass is 215 g/mol. The molecule has 15 heavy (non-hydrogen) atoms. The highest BCUT2D eigenvalue weighted by Crippen LogP contribution is 2.23. The molecular weight excluding hydrogens is 194 g/mol. The molecule has 1 aliphatic rings. The Morgan fingerprint density at radius 3 is 2.93 bits per heavy atom. The molecule has 2 N–H and O–H groups in total. The fourth-order valence-corrected chi connectivity index (χ4v) is 1.95. The molecule has 0 saturated carbocycles. The normalized spacial score (nSPS) is 25.1. The average Bonchev–Trinajstić information content (AvgIpc) is 2.10. The van der Waals surface area contributed by atoms with Crippen molar-refractivity contribution in [3.8, 4) is 0 Å². The molecule has 4 nitrogen and oxygen atoms in total. The Morgan fingerprint density at radius 2 is 2.33 bits per heavy atom. The summed E-state index contributed by atoms with van der Waals surface area (Å²) in [6.07, 6.45) is 2.98. The molecule has 0 aromatic heterocycles. The third-order valence-electron chi connectivity index (χ3n) is 2.70. The van der Waals surface area contributed by atoms with Crippen molar-refractivity contribution >= 4 is 5.97 Å². The second-order valence-electron chi connectivity index (χ2n) is 4.75. The molecule has 1 unspecified atom stereocenters. The SMILES string of the molecule is CC1(C)CC(NCCCC(=O)O)CCO1. The Morgan fingerprint density at radius 1 is 1.60 bits per heavy atom. The first kappa shape index (κ1) is 12.5. The lowest BCUT2D eigenvalue weighted by atomic mass is 9.94. The van der Waals surface area contributed by atoms with Gasteiger partial charge in [-0.2, -0.15) is 0 Å². The Hall–Kier alpha value is -0.610.